The minimum Gasteiger partial charge on any atom is -0.378 e. The molecular formula is C13H25BrO. The van der Waals surface area contributed by atoms with E-state index < -0.39 is 0 Å². The monoisotopic (exact) mass is 276 g/mol. The normalized spacial score (nSPS) is 23.4. The molecule has 0 aromatic carbocycles. The summed E-state index contributed by atoms with van der Waals surface area (Å²) >= 11 is 3.69. The van der Waals surface area contributed by atoms with Crippen molar-refractivity contribution >= 4 is 15.9 Å². The van der Waals surface area contributed by atoms with Gasteiger partial charge in [-0.3, -0.25) is 0 Å². The lowest BCUT2D eigenvalue weighted by Crippen LogP contribution is -2.30. The fraction of sp³-hybridized carbons (Fsp3) is 1.00. The van der Waals surface area contributed by atoms with Crippen molar-refractivity contribution in [1.29, 1.82) is 0 Å². The molecule has 1 fully saturated rings. The van der Waals surface area contributed by atoms with Gasteiger partial charge in [0.2, 0.25) is 0 Å². The summed E-state index contributed by atoms with van der Waals surface area (Å²) in [6.45, 7) is 5.32. The van der Waals surface area contributed by atoms with Crippen LogP contribution < -0.4 is 0 Å². The summed E-state index contributed by atoms with van der Waals surface area (Å²) < 4.78 is 5.95. The van der Waals surface area contributed by atoms with Gasteiger partial charge in [-0.25, -0.2) is 0 Å². The van der Waals surface area contributed by atoms with Crippen molar-refractivity contribution < 1.29 is 4.74 Å². The van der Waals surface area contributed by atoms with Crippen LogP contribution >= 0.6 is 15.9 Å². The quantitative estimate of drug-likeness (QED) is 0.529. The van der Waals surface area contributed by atoms with Gasteiger partial charge in [0.15, 0.2) is 0 Å². The molecule has 2 heteroatoms. The lowest BCUT2D eigenvalue weighted by atomic mass is 9.83. The van der Waals surface area contributed by atoms with E-state index >= 15 is 0 Å². The van der Waals surface area contributed by atoms with Crippen LogP contribution in [0.4, 0.5) is 0 Å². The number of alkyl halides is 1. The lowest BCUT2D eigenvalue weighted by molar-refractivity contribution is 0.000403. The third kappa shape index (κ3) is 4.44. The zero-order valence-electron chi connectivity index (χ0n) is 10.2. The van der Waals surface area contributed by atoms with Crippen LogP contribution in [0, 0.1) is 5.41 Å². The van der Waals surface area contributed by atoms with Crippen molar-refractivity contribution in [3.05, 3.63) is 0 Å². The van der Waals surface area contributed by atoms with E-state index in [1.807, 2.05) is 0 Å². The van der Waals surface area contributed by atoms with Gasteiger partial charge in [-0.15, -0.1) is 0 Å². The number of hydrogen-bond donors (Lipinski definition) is 0. The van der Waals surface area contributed by atoms with Gasteiger partial charge in [-0.1, -0.05) is 48.5 Å². The SMILES string of the molecule is CCC(C)OCC1(CBr)CCCCCC1. The molecule has 0 saturated heterocycles. The second-order valence-electron chi connectivity index (χ2n) is 5.08. The summed E-state index contributed by atoms with van der Waals surface area (Å²) in [5.41, 5.74) is 0.430. The fourth-order valence-electron chi connectivity index (χ4n) is 2.23. The highest BCUT2D eigenvalue weighted by Crippen LogP contribution is 2.37. The molecule has 1 saturated carbocycles. The molecule has 0 N–H and O–H groups in total. The Bertz CT molecular complexity index is 162. The number of halogens is 1. The number of ether oxygens (including phenoxy) is 1. The largest absolute Gasteiger partial charge is 0.378 e. The molecule has 1 aliphatic carbocycles. The molecule has 0 spiro atoms. The van der Waals surface area contributed by atoms with Crippen LogP contribution in [0.15, 0.2) is 0 Å². The second kappa shape index (κ2) is 6.90. The van der Waals surface area contributed by atoms with Crippen molar-refractivity contribution in [2.75, 3.05) is 11.9 Å². The molecular weight excluding hydrogens is 252 g/mol. The highest BCUT2D eigenvalue weighted by molar-refractivity contribution is 9.09. The fourth-order valence-corrected chi connectivity index (χ4v) is 2.95. The molecule has 15 heavy (non-hydrogen) atoms. The Hall–Kier alpha value is 0.440. The summed E-state index contributed by atoms with van der Waals surface area (Å²) in [6.07, 6.45) is 9.83. The second-order valence-corrected chi connectivity index (χ2v) is 5.64. The highest BCUT2D eigenvalue weighted by atomic mass is 79.9. The molecule has 1 rings (SSSR count). The van der Waals surface area contributed by atoms with Crippen LogP contribution in [0.2, 0.25) is 0 Å². The van der Waals surface area contributed by atoms with Gasteiger partial charge in [0.1, 0.15) is 0 Å². The topological polar surface area (TPSA) is 9.23 Å². The minimum atomic E-state index is 0.421. The standard InChI is InChI=1S/C13H25BrO/c1-3-12(2)15-11-13(10-14)8-6-4-5-7-9-13/h12H,3-11H2,1-2H3. The van der Waals surface area contributed by atoms with Gasteiger partial charge in [-0.2, -0.15) is 0 Å². The zero-order valence-corrected chi connectivity index (χ0v) is 11.8. The first-order valence-electron chi connectivity index (χ1n) is 6.40. The highest BCUT2D eigenvalue weighted by Gasteiger charge is 2.30. The number of hydrogen-bond acceptors (Lipinski definition) is 1. The summed E-state index contributed by atoms with van der Waals surface area (Å²) in [7, 11) is 0. The van der Waals surface area contributed by atoms with E-state index in [2.05, 4.69) is 29.8 Å². The average molecular weight is 277 g/mol. The van der Waals surface area contributed by atoms with Crippen LogP contribution in [0.1, 0.15) is 58.8 Å². The molecule has 1 atom stereocenters. The molecule has 1 aliphatic rings. The van der Waals surface area contributed by atoms with E-state index in [1.54, 1.807) is 0 Å². The van der Waals surface area contributed by atoms with Gasteiger partial charge in [-0.05, 0) is 26.2 Å². The van der Waals surface area contributed by atoms with Crippen LogP contribution in [0.5, 0.6) is 0 Å². The molecule has 0 aromatic heterocycles. The molecule has 0 amide bonds. The molecule has 90 valence electrons. The lowest BCUT2D eigenvalue weighted by Gasteiger charge is -2.31. The molecule has 0 aliphatic heterocycles. The van der Waals surface area contributed by atoms with Gasteiger partial charge < -0.3 is 4.74 Å². The van der Waals surface area contributed by atoms with E-state index in [0.717, 1.165) is 18.4 Å². The van der Waals surface area contributed by atoms with Crippen molar-refractivity contribution in [2.24, 2.45) is 5.41 Å². The van der Waals surface area contributed by atoms with E-state index in [9.17, 15) is 0 Å². The Labute approximate surface area is 103 Å². The minimum absolute atomic E-state index is 0.421. The Morgan fingerprint density at radius 1 is 1.20 bits per heavy atom. The maximum Gasteiger partial charge on any atom is 0.0544 e. The first-order chi connectivity index (χ1) is 7.22. The van der Waals surface area contributed by atoms with Gasteiger partial charge >= 0.3 is 0 Å². The van der Waals surface area contributed by atoms with Crippen LogP contribution in [-0.2, 0) is 4.74 Å². The van der Waals surface area contributed by atoms with Crippen molar-refractivity contribution in [3.8, 4) is 0 Å². The Kier molecular flexibility index (Phi) is 6.21. The Morgan fingerprint density at radius 2 is 1.80 bits per heavy atom. The maximum atomic E-state index is 5.95. The molecule has 1 nitrogen and oxygen atoms in total. The summed E-state index contributed by atoms with van der Waals surface area (Å²) in [5, 5.41) is 1.11. The van der Waals surface area contributed by atoms with Crippen LogP contribution in [0.25, 0.3) is 0 Å². The van der Waals surface area contributed by atoms with E-state index in [4.69, 9.17) is 4.74 Å². The smallest absolute Gasteiger partial charge is 0.0544 e. The molecule has 1 unspecified atom stereocenters. The van der Waals surface area contributed by atoms with E-state index in [0.29, 0.717) is 11.5 Å². The molecule has 0 radical (unpaired) electrons. The molecule has 0 heterocycles. The average Bonchev–Trinajstić information content (AvgIpc) is 2.52. The Morgan fingerprint density at radius 3 is 2.27 bits per heavy atom. The van der Waals surface area contributed by atoms with Crippen molar-refractivity contribution in [3.63, 3.8) is 0 Å². The maximum absolute atomic E-state index is 5.95. The number of rotatable bonds is 5. The molecule has 0 aromatic rings. The van der Waals surface area contributed by atoms with Gasteiger partial charge in [0, 0.05) is 10.7 Å². The van der Waals surface area contributed by atoms with Gasteiger partial charge in [0.25, 0.3) is 0 Å². The van der Waals surface area contributed by atoms with Crippen molar-refractivity contribution in [1.82, 2.24) is 0 Å². The third-order valence-electron chi connectivity index (χ3n) is 3.70. The predicted octanol–water partition coefficient (Wildman–Crippen LogP) is 4.54. The summed E-state index contributed by atoms with van der Waals surface area (Å²) in [6, 6.07) is 0. The first-order valence-corrected chi connectivity index (χ1v) is 7.52. The zero-order chi connectivity index (χ0) is 11.1. The first kappa shape index (κ1) is 13.5. The predicted molar refractivity (Wildman–Crippen MR) is 69.6 cm³/mol. The van der Waals surface area contributed by atoms with Crippen LogP contribution in [-0.4, -0.2) is 18.0 Å². The van der Waals surface area contributed by atoms with Gasteiger partial charge in [0.05, 0.1) is 12.7 Å². The van der Waals surface area contributed by atoms with E-state index in [1.165, 1.54) is 38.5 Å². The summed E-state index contributed by atoms with van der Waals surface area (Å²) in [4.78, 5) is 0. The van der Waals surface area contributed by atoms with Crippen LogP contribution in [0.3, 0.4) is 0 Å². The third-order valence-corrected chi connectivity index (χ3v) is 4.89. The van der Waals surface area contributed by atoms with E-state index in [-0.39, 0.29) is 0 Å². The molecule has 0 bridgehead atoms. The Balaban J connectivity index is 2.43. The summed E-state index contributed by atoms with van der Waals surface area (Å²) in [5.74, 6) is 0. The van der Waals surface area contributed by atoms with Crippen molar-refractivity contribution in [2.45, 2.75) is 64.9 Å².